The minimum absolute atomic E-state index is 0.0592. The van der Waals surface area contributed by atoms with Gasteiger partial charge in [0.2, 0.25) is 0 Å². The number of aromatic amines is 1. The third-order valence-electron chi connectivity index (χ3n) is 6.42. The zero-order valence-corrected chi connectivity index (χ0v) is 20.9. The Morgan fingerprint density at radius 2 is 1.74 bits per heavy atom. The Labute approximate surface area is 218 Å². The fraction of sp³-hybridized carbons (Fsp3) is 0.167. The second kappa shape index (κ2) is 10.6. The molecule has 2 heterocycles. The number of amides is 1. The molecule has 2 N–H and O–H groups in total. The molecule has 3 aromatic carbocycles. The molecule has 8 heteroatoms. The first-order chi connectivity index (χ1) is 18.4. The largest absolute Gasteiger partial charge is 0.445 e. The Morgan fingerprint density at radius 1 is 0.974 bits per heavy atom. The molecule has 0 aliphatic carbocycles. The zero-order chi connectivity index (χ0) is 26.6. The van der Waals surface area contributed by atoms with Crippen LogP contribution in [0.2, 0.25) is 0 Å². The standard InChI is InChI=1S/C30H26N2O6/c1-18-14-27(33)38-28-19(2)26(13-12-22(18)28)37-29(34)25(15-21-16-31-24-11-7-6-10-23(21)24)32-30(35)36-17-20-8-4-3-5-9-20/h3-14,16,25,31H,15,17H2,1-2H3,(H,32,35). The van der Waals surface area contributed by atoms with E-state index in [-0.39, 0.29) is 18.8 Å². The van der Waals surface area contributed by atoms with Crippen molar-refractivity contribution in [1.82, 2.24) is 10.3 Å². The second-order valence-corrected chi connectivity index (χ2v) is 9.06. The molecule has 2 aromatic heterocycles. The van der Waals surface area contributed by atoms with Crippen LogP contribution in [-0.2, 0) is 22.6 Å². The number of carbonyl (C=O) groups excluding carboxylic acids is 2. The fourth-order valence-corrected chi connectivity index (χ4v) is 4.41. The summed E-state index contributed by atoms with van der Waals surface area (Å²) in [7, 11) is 0. The van der Waals surface area contributed by atoms with Crippen LogP contribution in [0.4, 0.5) is 4.79 Å². The van der Waals surface area contributed by atoms with Gasteiger partial charge in [0.15, 0.2) is 0 Å². The summed E-state index contributed by atoms with van der Waals surface area (Å²) in [6.07, 6.45) is 1.23. The van der Waals surface area contributed by atoms with Gasteiger partial charge in [-0.1, -0.05) is 48.5 Å². The third-order valence-corrected chi connectivity index (χ3v) is 6.42. The van der Waals surface area contributed by atoms with E-state index in [0.29, 0.717) is 11.1 Å². The SMILES string of the molecule is Cc1cc(=O)oc2c(C)c(OC(=O)C(Cc3c[nH]c4ccccc34)NC(=O)OCc3ccccc3)ccc12. The van der Waals surface area contributed by atoms with Gasteiger partial charge >= 0.3 is 17.7 Å². The summed E-state index contributed by atoms with van der Waals surface area (Å²) < 4.78 is 16.5. The first-order valence-electron chi connectivity index (χ1n) is 12.2. The van der Waals surface area contributed by atoms with Crippen molar-refractivity contribution in [2.45, 2.75) is 32.9 Å². The number of carbonyl (C=O) groups is 2. The van der Waals surface area contributed by atoms with Crippen LogP contribution in [-0.4, -0.2) is 23.1 Å². The van der Waals surface area contributed by atoms with E-state index < -0.39 is 23.7 Å². The molecular weight excluding hydrogens is 484 g/mol. The van der Waals surface area contributed by atoms with Crippen molar-refractivity contribution >= 4 is 33.9 Å². The number of ether oxygens (including phenoxy) is 2. The first kappa shape index (κ1) is 24.8. The van der Waals surface area contributed by atoms with Gasteiger partial charge in [0.05, 0.1) is 0 Å². The second-order valence-electron chi connectivity index (χ2n) is 9.06. The van der Waals surface area contributed by atoms with E-state index in [9.17, 15) is 14.4 Å². The third kappa shape index (κ3) is 5.29. The Morgan fingerprint density at radius 3 is 2.55 bits per heavy atom. The van der Waals surface area contributed by atoms with Gasteiger partial charge in [0.1, 0.15) is 24.0 Å². The number of hydrogen-bond donors (Lipinski definition) is 2. The van der Waals surface area contributed by atoms with E-state index in [1.165, 1.54) is 6.07 Å². The van der Waals surface area contributed by atoms with Gasteiger partial charge in [-0.15, -0.1) is 0 Å². The maximum absolute atomic E-state index is 13.4. The van der Waals surface area contributed by atoms with Crippen LogP contribution < -0.4 is 15.7 Å². The van der Waals surface area contributed by atoms with Crippen LogP contribution in [0.25, 0.3) is 21.9 Å². The van der Waals surface area contributed by atoms with Crippen molar-refractivity contribution in [3.63, 3.8) is 0 Å². The van der Waals surface area contributed by atoms with E-state index in [4.69, 9.17) is 13.9 Å². The maximum atomic E-state index is 13.4. The van der Waals surface area contributed by atoms with E-state index in [0.717, 1.165) is 33.0 Å². The zero-order valence-electron chi connectivity index (χ0n) is 20.9. The number of fused-ring (bicyclic) bond motifs is 2. The first-order valence-corrected chi connectivity index (χ1v) is 12.2. The van der Waals surface area contributed by atoms with Crippen molar-refractivity contribution in [2.75, 3.05) is 0 Å². The molecule has 0 aliphatic heterocycles. The number of H-pyrrole nitrogens is 1. The van der Waals surface area contributed by atoms with Gasteiger partial charge < -0.3 is 24.2 Å². The molecule has 1 amide bonds. The minimum atomic E-state index is -1.04. The number of rotatable bonds is 7. The van der Waals surface area contributed by atoms with Gasteiger partial charge in [-0.2, -0.15) is 0 Å². The quantitative estimate of drug-likeness (QED) is 0.174. The van der Waals surface area contributed by atoms with E-state index in [2.05, 4.69) is 10.3 Å². The smallest absolute Gasteiger partial charge is 0.408 e. The Balaban J connectivity index is 1.40. The molecule has 0 bridgehead atoms. The molecule has 192 valence electrons. The molecule has 0 radical (unpaired) electrons. The summed E-state index contributed by atoms with van der Waals surface area (Å²) in [5, 5.41) is 4.35. The van der Waals surface area contributed by atoms with Crippen LogP contribution in [0.3, 0.4) is 0 Å². The van der Waals surface area contributed by atoms with E-state index >= 15 is 0 Å². The lowest BCUT2D eigenvalue weighted by Crippen LogP contribution is -2.44. The van der Waals surface area contributed by atoms with Crippen molar-refractivity contribution in [3.05, 3.63) is 112 Å². The average molecular weight is 511 g/mol. The molecule has 0 fully saturated rings. The minimum Gasteiger partial charge on any atom is -0.445 e. The molecule has 0 spiro atoms. The molecule has 5 aromatic rings. The highest BCUT2D eigenvalue weighted by Crippen LogP contribution is 2.29. The number of para-hydroxylation sites is 1. The van der Waals surface area contributed by atoms with Crippen LogP contribution in [0, 0.1) is 13.8 Å². The lowest BCUT2D eigenvalue weighted by atomic mass is 10.0. The molecule has 5 rings (SSSR count). The van der Waals surface area contributed by atoms with Gasteiger partial charge in [0.25, 0.3) is 0 Å². The highest BCUT2D eigenvalue weighted by Gasteiger charge is 2.26. The van der Waals surface area contributed by atoms with E-state index in [1.807, 2.05) is 61.5 Å². The highest BCUT2D eigenvalue weighted by molar-refractivity contribution is 5.89. The number of nitrogens with one attached hydrogen (secondary N) is 2. The van der Waals surface area contributed by atoms with E-state index in [1.54, 1.807) is 25.3 Å². The van der Waals surface area contributed by atoms with Gasteiger partial charge in [-0.05, 0) is 48.7 Å². The number of benzene rings is 3. The molecule has 0 saturated carbocycles. The topological polar surface area (TPSA) is 111 Å². The van der Waals surface area contributed by atoms with Crippen molar-refractivity contribution in [1.29, 1.82) is 0 Å². The molecule has 1 atom stereocenters. The Kier molecular flexibility index (Phi) is 6.95. The predicted molar refractivity (Wildman–Crippen MR) is 143 cm³/mol. The van der Waals surface area contributed by atoms with Crippen LogP contribution in [0.15, 0.2) is 88.2 Å². The molecule has 0 aliphatic rings. The van der Waals surface area contributed by atoms with Crippen LogP contribution in [0.1, 0.15) is 22.3 Å². The molecule has 1 unspecified atom stereocenters. The molecular formula is C30H26N2O6. The Hall–Kier alpha value is -4.85. The summed E-state index contributed by atoms with van der Waals surface area (Å²) in [5.41, 5.74) is 3.71. The summed E-state index contributed by atoms with van der Waals surface area (Å²) in [6.45, 7) is 3.58. The highest BCUT2D eigenvalue weighted by atomic mass is 16.6. The summed E-state index contributed by atoms with van der Waals surface area (Å²) in [5.74, 6) is -0.441. The van der Waals surface area contributed by atoms with Gasteiger partial charge in [0, 0.05) is 40.5 Å². The fourth-order valence-electron chi connectivity index (χ4n) is 4.41. The maximum Gasteiger partial charge on any atom is 0.408 e. The molecule has 8 nitrogen and oxygen atoms in total. The average Bonchev–Trinajstić information content (AvgIpc) is 3.32. The summed E-state index contributed by atoms with van der Waals surface area (Å²) >= 11 is 0. The normalized spacial score (nSPS) is 11.8. The molecule has 38 heavy (non-hydrogen) atoms. The number of alkyl carbamates (subject to hydrolysis) is 1. The number of aryl methyl sites for hydroxylation is 2. The number of hydrogen-bond acceptors (Lipinski definition) is 6. The van der Waals surface area contributed by atoms with Gasteiger partial charge in [-0.3, -0.25) is 0 Å². The van der Waals surface area contributed by atoms with Crippen LogP contribution in [0.5, 0.6) is 5.75 Å². The van der Waals surface area contributed by atoms with Crippen LogP contribution >= 0.6 is 0 Å². The Bertz CT molecular complexity index is 1690. The van der Waals surface area contributed by atoms with Crippen molar-refractivity contribution in [2.24, 2.45) is 0 Å². The van der Waals surface area contributed by atoms with Crippen molar-refractivity contribution in [3.8, 4) is 5.75 Å². The van der Waals surface area contributed by atoms with Crippen molar-refractivity contribution < 1.29 is 23.5 Å². The predicted octanol–water partition coefficient (Wildman–Crippen LogP) is 5.33. The lowest BCUT2D eigenvalue weighted by Gasteiger charge is -2.18. The monoisotopic (exact) mass is 510 g/mol. The lowest BCUT2D eigenvalue weighted by molar-refractivity contribution is -0.136. The molecule has 0 saturated heterocycles. The summed E-state index contributed by atoms with van der Waals surface area (Å²) in [4.78, 5) is 41.2. The number of aromatic nitrogens is 1. The summed E-state index contributed by atoms with van der Waals surface area (Å²) in [6, 6.07) is 20.7. The number of esters is 1. The van der Waals surface area contributed by atoms with Gasteiger partial charge in [-0.25, -0.2) is 14.4 Å².